The minimum atomic E-state index is -0.399. The first-order chi connectivity index (χ1) is 9.95. The molecule has 0 heterocycles. The summed E-state index contributed by atoms with van der Waals surface area (Å²) in [6.45, 7) is -0.197. The van der Waals surface area contributed by atoms with Crippen molar-refractivity contribution in [2.75, 3.05) is 17.7 Å². The molecule has 1 amide bonds. The van der Waals surface area contributed by atoms with Gasteiger partial charge in [0, 0.05) is 10.7 Å². The lowest BCUT2D eigenvalue weighted by Crippen LogP contribution is -2.20. The summed E-state index contributed by atoms with van der Waals surface area (Å²) in [7, 11) is 0. The van der Waals surface area contributed by atoms with Gasteiger partial charge >= 0.3 is 0 Å². The average Bonchev–Trinajstić information content (AvgIpc) is 2.40. The summed E-state index contributed by atoms with van der Waals surface area (Å²) >= 11 is 17.8. The molecule has 21 heavy (non-hydrogen) atoms. The van der Waals surface area contributed by atoms with Crippen LogP contribution >= 0.6 is 34.8 Å². The first-order valence-corrected chi connectivity index (χ1v) is 7.02. The minimum absolute atomic E-state index is 0.197. The number of halogens is 3. The van der Waals surface area contributed by atoms with E-state index in [0.717, 1.165) is 0 Å². The molecule has 0 aromatic heterocycles. The molecule has 0 atom stereocenters. The lowest BCUT2D eigenvalue weighted by molar-refractivity contribution is -0.118. The summed E-state index contributed by atoms with van der Waals surface area (Å²) in [6.07, 6.45) is 0. The van der Waals surface area contributed by atoms with Crippen LogP contribution in [0.2, 0.25) is 15.1 Å². The zero-order valence-corrected chi connectivity index (χ0v) is 13.0. The molecule has 0 fully saturated rings. The van der Waals surface area contributed by atoms with Crippen LogP contribution in [0.1, 0.15) is 0 Å². The zero-order valence-electron chi connectivity index (χ0n) is 10.7. The van der Waals surface area contributed by atoms with Crippen LogP contribution in [0.3, 0.4) is 0 Å². The first-order valence-electron chi connectivity index (χ1n) is 5.88. The van der Waals surface area contributed by atoms with E-state index < -0.39 is 5.91 Å². The third kappa shape index (κ3) is 4.43. The molecule has 2 rings (SSSR count). The predicted octanol–water partition coefficient (Wildman–Crippen LogP) is 4.25. The quantitative estimate of drug-likeness (QED) is 0.814. The summed E-state index contributed by atoms with van der Waals surface area (Å²) in [5.74, 6) is 0.0932. The maximum Gasteiger partial charge on any atom is 0.262 e. The molecule has 3 N–H and O–H groups in total. The fourth-order valence-corrected chi connectivity index (χ4v) is 2.37. The Labute approximate surface area is 136 Å². The van der Waals surface area contributed by atoms with Gasteiger partial charge in [-0.3, -0.25) is 4.79 Å². The van der Waals surface area contributed by atoms with Gasteiger partial charge in [-0.1, -0.05) is 40.9 Å². The molecule has 0 aliphatic carbocycles. The summed E-state index contributed by atoms with van der Waals surface area (Å²) in [6, 6.07) is 9.74. The van der Waals surface area contributed by atoms with E-state index in [-0.39, 0.29) is 16.7 Å². The number of hydrogen-bond donors (Lipinski definition) is 2. The van der Waals surface area contributed by atoms with Crippen LogP contribution in [0.4, 0.5) is 11.4 Å². The Kier molecular flexibility index (Phi) is 5.17. The van der Waals surface area contributed by atoms with Gasteiger partial charge in [-0.05, 0) is 30.3 Å². The minimum Gasteiger partial charge on any atom is -0.484 e. The van der Waals surface area contributed by atoms with E-state index in [1.165, 1.54) is 12.1 Å². The second-order valence-electron chi connectivity index (χ2n) is 4.15. The summed E-state index contributed by atoms with van der Waals surface area (Å²) < 4.78 is 5.32. The van der Waals surface area contributed by atoms with Crippen molar-refractivity contribution >= 4 is 52.1 Å². The molecular formula is C14H11Cl3N2O2. The molecule has 0 spiro atoms. The Morgan fingerprint density at radius 3 is 2.43 bits per heavy atom. The highest BCUT2D eigenvalue weighted by molar-refractivity contribution is 6.40. The second-order valence-corrected chi connectivity index (χ2v) is 5.40. The van der Waals surface area contributed by atoms with E-state index in [1.54, 1.807) is 24.3 Å². The van der Waals surface area contributed by atoms with Gasteiger partial charge in [0.05, 0.1) is 15.7 Å². The van der Waals surface area contributed by atoms with Crippen LogP contribution in [0.5, 0.6) is 5.75 Å². The van der Waals surface area contributed by atoms with Crippen LogP contribution in [-0.4, -0.2) is 12.5 Å². The van der Waals surface area contributed by atoms with Gasteiger partial charge in [0.25, 0.3) is 5.91 Å². The lowest BCUT2D eigenvalue weighted by Gasteiger charge is -2.11. The largest absolute Gasteiger partial charge is 0.484 e. The summed E-state index contributed by atoms with van der Waals surface area (Å²) in [4.78, 5) is 11.8. The Morgan fingerprint density at radius 2 is 1.81 bits per heavy atom. The third-order valence-corrected chi connectivity index (χ3v) is 3.33. The van der Waals surface area contributed by atoms with Crippen molar-refractivity contribution in [1.82, 2.24) is 0 Å². The second kappa shape index (κ2) is 6.89. The number of benzene rings is 2. The number of carbonyl (C=O) groups excluding carboxylic acids is 1. The number of hydrogen-bond acceptors (Lipinski definition) is 3. The Balaban J connectivity index is 1.99. The lowest BCUT2D eigenvalue weighted by atomic mass is 10.3. The Bertz CT molecular complexity index is 654. The van der Waals surface area contributed by atoms with E-state index in [4.69, 9.17) is 45.3 Å². The molecule has 0 saturated carbocycles. The Hall–Kier alpha value is -1.62. The normalized spacial score (nSPS) is 10.2. The molecule has 0 radical (unpaired) electrons. The van der Waals surface area contributed by atoms with Gasteiger partial charge in [-0.15, -0.1) is 0 Å². The van der Waals surface area contributed by atoms with Crippen LogP contribution in [0, 0.1) is 0 Å². The number of nitrogens with two attached hydrogens (primary N) is 1. The number of amides is 1. The van der Waals surface area contributed by atoms with Crippen LogP contribution in [0.15, 0.2) is 36.4 Å². The van der Waals surface area contributed by atoms with Crippen molar-refractivity contribution in [1.29, 1.82) is 0 Å². The van der Waals surface area contributed by atoms with E-state index in [2.05, 4.69) is 5.32 Å². The summed E-state index contributed by atoms with van der Waals surface area (Å²) in [5, 5.41) is 3.62. The molecule has 0 aliphatic heterocycles. The fourth-order valence-electron chi connectivity index (χ4n) is 1.59. The molecule has 7 heteroatoms. The molecule has 0 unspecified atom stereocenters. The number of ether oxygens (including phenoxy) is 1. The SMILES string of the molecule is Nc1cc(Cl)c(NC(=O)COc2cccc(Cl)c2)c(Cl)c1. The maximum absolute atomic E-state index is 11.8. The average molecular weight is 346 g/mol. The molecule has 0 bridgehead atoms. The van der Waals surface area contributed by atoms with Crippen LogP contribution in [0.25, 0.3) is 0 Å². The number of nitrogens with one attached hydrogen (secondary N) is 1. The predicted molar refractivity (Wildman–Crippen MR) is 86.5 cm³/mol. The highest BCUT2D eigenvalue weighted by atomic mass is 35.5. The van der Waals surface area contributed by atoms with Crippen molar-refractivity contribution in [3.8, 4) is 5.75 Å². The number of anilines is 2. The van der Waals surface area contributed by atoms with Crippen molar-refractivity contribution in [3.05, 3.63) is 51.5 Å². The number of rotatable bonds is 4. The fraction of sp³-hybridized carbons (Fsp3) is 0.0714. The molecule has 0 aliphatic rings. The smallest absolute Gasteiger partial charge is 0.262 e. The highest BCUT2D eigenvalue weighted by Gasteiger charge is 2.11. The van der Waals surface area contributed by atoms with Crippen molar-refractivity contribution in [2.24, 2.45) is 0 Å². The van der Waals surface area contributed by atoms with E-state index in [1.807, 2.05) is 0 Å². The van der Waals surface area contributed by atoms with Crippen LogP contribution in [-0.2, 0) is 4.79 Å². The zero-order chi connectivity index (χ0) is 15.4. The molecule has 2 aromatic rings. The molecular weight excluding hydrogens is 335 g/mol. The van der Waals surface area contributed by atoms with Crippen molar-refractivity contribution in [2.45, 2.75) is 0 Å². The molecule has 0 saturated heterocycles. The van der Waals surface area contributed by atoms with Gasteiger partial charge in [0.2, 0.25) is 0 Å². The van der Waals surface area contributed by atoms with E-state index in [9.17, 15) is 4.79 Å². The Morgan fingerprint density at radius 1 is 1.14 bits per heavy atom. The van der Waals surface area contributed by atoms with Gasteiger partial charge in [-0.25, -0.2) is 0 Å². The number of nitrogen functional groups attached to an aromatic ring is 1. The number of carbonyl (C=O) groups is 1. The molecule has 4 nitrogen and oxygen atoms in total. The van der Waals surface area contributed by atoms with Crippen molar-refractivity contribution in [3.63, 3.8) is 0 Å². The molecule has 110 valence electrons. The monoisotopic (exact) mass is 344 g/mol. The van der Waals surface area contributed by atoms with Gasteiger partial charge in [-0.2, -0.15) is 0 Å². The van der Waals surface area contributed by atoms with Gasteiger partial charge in [0.1, 0.15) is 5.75 Å². The maximum atomic E-state index is 11.8. The van der Waals surface area contributed by atoms with Gasteiger partial charge in [0.15, 0.2) is 6.61 Å². The van der Waals surface area contributed by atoms with Crippen LogP contribution < -0.4 is 15.8 Å². The van der Waals surface area contributed by atoms with E-state index >= 15 is 0 Å². The third-order valence-electron chi connectivity index (χ3n) is 2.49. The first kappa shape index (κ1) is 15.8. The standard InChI is InChI=1S/C14H11Cl3N2O2/c15-8-2-1-3-10(4-8)21-7-13(20)19-14-11(16)5-9(18)6-12(14)17/h1-6H,7,18H2,(H,19,20). The van der Waals surface area contributed by atoms with Crippen molar-refractivity contribution < 1.29 is 9.53 Å². The molecule has 2 aromatic carbocycles. The van der Waals surface area contributed by atoms with E-state index in [0.29, 0.717) is 22.1 Å². The topological polar surface area (TPSA) is 64.3 Å². The van der Waals surface area contributed by atoms with Gasteiger partial charge < -0.3 is 15.8 Å². The summed E-state index contributed by atoms with van der Waals surface area (Å²) in [5.41, 5.74) is 6.30. The highest BCUT2D eigenvalue weighted by Crippen LogP contribution is 2.32.